The zero-order valence-electron chi connectivity index (χ0n) is 24.1. The lowest BCUT2D eigenvalue weighted by atomic mass is 9.41. The number of hydrogen-bond donors (Lipinski definition) is 0. The van der Waals surface area contributed by atoms with Crippen LogP contribution in [0.25, 0.3) is 16.8 Å². The van der Waals surface area contributed by atoms with E-state index >= 15 is 0 Å². The first-order valence-electron chi connectivity index (χ1n) is 15.7. The lowest BCUT2D eigenvalue weighted by Crippen LogP contribution is -2.65. The SMILES string of the molecule is O=C(CC12CC(F)(C1)C2)N(CC12CCC(c3nc(C4CC4)no3)(CC1)CC2)c1cccc(-c2cc(Br)cn3ncnc23)c1. The van der Waals surface area contributed by atoms with E-state index in [-0.39, 0.29) is 22.2 Å². The minimum atomic E-state index is -1.02. The number of fused-ring (bicyclic) bond motifs is 4. The minimum Gasteiger partial charge on any atom is -0.339 e. The van der Waals surface area contributed by atoms with Crippen LogP contribution in [0.5, 0.6) is 0 Å². The van der Waals surface area contributed by atoms with Gasteiger partial charge in [0.15, 0.2) is 11.5 Å². The fraction of sp³-hybridized carbons (Fsp3) is 0.545. The van der Waals surface area contributed by atoms with Crippen molar-refractivity contribution in [2.24, 2.45) is 10.8 Å². The van der Waals surface area contributed by atoms with E-state index in [9.17, 15) is 9.18 Å². The number of aromatic nitrogens is 5. The summed E-state index contributed by atoms with van der Waals surface area (Å²) in [6.07, 6.45) is 13.9. The van der Waals surface area contributed by atoms with Crippen molar-refractivity contribution in [2.75, 3.05) is 11.4 Å². The quantitative estimate of drug-likeness (QED) is 0.200. The molecule has 1 amide bonds. The zero-order chi connectivity index (χ0) is 29.0. The van der Waals surface area contributed by atoms with Gasteiger partial charge in [0.25, 0.3) is 0 Å². The number of nitrogens with zero attached hydrogens (tertiary/aromatic N) is 6. The standard InChI is InChI=1S/C33H34BrFN6O2/c34-23-13-25(28-36-20-37-41(28)15-23)22-2-1-3-24(12-22)40(26(42)14-31-16-33(35,17-31)18-31)19-30-6-9-32(10-7-30,11-8-30)29-38-27(39-43-29)21-4-5-21/h1-3,12-13,15,20-21H,4-11,14,16-19H2. The van der Waals surface area contributed by atoms with Gasteiger partial charge in [0, 0.05) is 46.2 Å². The van der Waals surface area contributed by atoms with Gasteiger partial charge >= 0.3 is 0 Å². The molecule has 0 aliphatic heterocycles. The van der Waals surface area contributed by atoms with Gasteiger partial charge in [0.05, 0.1) is 0 Å². The summed E-state index contributed by atoms with van der Waals surface area (Å²) in [5.74, 6) is 2.33. The van der Waals surface area contributed by atoms with E-state index in [1.807, 2.05) is 29.3 Å². The zero-order valence-corrected chi connectivity index (χ0v) is 25.7. The molecule has 43 heavy (non-hydrogen) atoms. The van der Waals surface area contributed by atoms with Crippen LogP contribution in [0.3, 0.4) is 0 Å². The van der Waals surface area contributed by atoms with Crippen molar-refractivity contribution in [1.29, 1.82) is 0 Å². The van der Waals surface area contributed by atoms with Crippen molar-refractivity contribution in [3.8, 4) is 11.1 Å². The van der Waals surface area contributed by atoms with Crippen LogP contribution in [0.2, 0.25) is 0 Å². The average molecular weight is 646 g/mol. The molecule has 8 nitrogen and oxygen atoms in total. The van der Waals surface area contributed by atoms with Gasteiger partial charge in [-0.2, -0.15) is 10.1 Å². The maximum absolute atomic E-state index is 14.4. The van der Waals surface area contributed by atoms with E-state index in [0.717, 1.165) is 77.2 Å². The van der Waals surface area contributed by atoms with Gasteiger partial charge in [-0.05, 0) is 121 Å². The maximum Gasteiger partial charge on any atom is 0.232 e. The normalized spacial score (nSPS) is 32.4. The summed E-state index contributed by atoms with van der Waals surface area (Å²) < 4.78 is 22.9. The third-order valence-corrected chi connectivity index (χ3v) is 11.9. The number of carbonyl (C=O) groups is 1. The number of anilines is 1. The van der Waals surface area contributed by atoms with Gasteiger partial charge in [-0.25, -0.2) is 13.9 Å². The summed E-state index contributed by atoms with van der Waals surface area (Å²) in [5, 5.41) is 8.65. The van der Waals surface area contributed by atoms with Crippen LogP contribution in [-0.4, -0.2) is 42.9 Å². The Labute approximate surface area is 257 Å². The van der Waals surface area contributed by atoms with E-state index in [4.69, 9.17) is 9.51 Å². The number of carbonyl (C=O) groups excluding carboxylic acids is 1. The third-order valence-electron chi connectivity index (χ3n) is 11.4. The van der Waals surface area contributed by atoms with Gasteiger partial charge in [0.2, 0.25) is 11.8 Å². The summed E-state index contributed by atoms with van der Waals surface area (Å²) in [5.41, 5.74) is 2.44. The molecule has 0 spiro atoms. The highest BCUT2D eigenvalue weighted by atomic mass is 79.9. The van der Waals surface area contributed by atoms with E-state index < -0.39 is 5.67 Å². The van der Waals surface area contributed by atoms with Crippen molar-refractivity contribution in [3.05, 3.63) is 59.0 Å². The second-order valence-electron chi connectivity index (χ2n) is 14.5. The Morgan fingerprint density at radius 2 is 1.84 bits per heavy atom. The molecule has 7 saturated carbocycles. The lowest BCUT2D eigenvalue weighted by Gasteiger charge is -2.66. The van der Waals surface area contributed by atoms with E-state index in [2.05, 4.69) is 43.3 Å². The molecule has 10 heteroatoms. The number of hydrogen-bond acceptors (Lipinski definition) is 6. The topological polar surface area (TPSA) is 89.4 Å². The Morgan fingerprint density at radius 3 is 2.56 bits per heavy atom. The molecule has 0 unspecified atom stereocenters. The minimum absolute atomic E-state index is 0.0256. The van der Waals surface area contributed by atoms with Crippen LogP contribution < -0.4 is 4.90 Å². The Hall–Kier alpha value is -3.14. The first-order valence-corrected chi connectivity index (χ1v) is 16.5. The molecule has 0 radical (unpaired) electrons. The largest absolute Gasteiger partial charge is 0.339 e. The number of amides is 1. The Bertz CT molecular complexity index is 1730. The van der Waals surface area contributed by atoms with Gasteiger partial charge in [0.1, 0.15) is 12.0 Å². The number of alkyl halides is 1. The first-order chi connectivity index (χ1) is 20.7. The van der Waals surface area contributed by atoms with Crippen LogP contribution in [0.15, 0.2) is 51.9 Å². The predicted molar refractivity (Wildman–Crippen MR) is 161 cm³/mol. The van der Waals surface area contributed by atoms with E-state index in [0.29, 0.717) is 38.1 Å². The van der Waals surface area contributed by atoms with E-state index in [1.54, 1.807) is 10.8 Å². The molecule has 7 fully saturated rings. The van der Waals surface area contributed by atoms with E-state index in [1.165, 1.54) is 12.8 Å². The highest BCUT2D eigenvalue weighted by Gasteiger charge is 2.69. The predicted octanol–water partition coefficient (Wildman–Crippen LogP) is 7.33. The highest BCUT2D eigenvalue weighted by molar-refractivity contribution is 9.10. The molecule has 0 atom stereocenters. The van der Waals surface area contributed by atoms with Crippen LogP contribution in [-0.2, 0) is 10.2 Å². The molecule has 222 valence electrons. The number of rotatable bonds is 8. The smallest absolute Gasteiger partial charge is 0.232 e. The highest BCUT2D eigenvalue weighted by Crippen LogP contribution is 2.71. The molecular formula is C33H34BrFN6O2. The third kappa shape index (κ3) is 4.22. The molecule has 11 rings (SSSR count). The van der Waals surface area contributed by atoms with Crippen molar-refractivity contribution in [1.82, 2.24) is 24.7 Å². The summed E-state index contributed by atoms with van der Waals surface area (Å²) in [6, 6.07) is 10.3. The molecule has 0 saturated heterocycles. The molecular weight excluding hydrogens is 611 g/mol. The molecule has 7 aliphatic carbocycles. The fourth-order valence-corrected chi connectivity index (χ4v) is 9.27. The number of halogens is 2. The molecule has 4 aromatic rings. The van der Waals surface area contributed by atoms with Gasteiger partial charge in [-0.1, -0.05) is 17.3 Å². The molecule has 1 aromatic carbocycles. The number of benzene rings is 1. The van der Waals surface area contributed by atoms with Crippen molar-refractivity contribution < 1.29 is 13.7 Å². The second-order valence-corrected chi connectivity index (χ2v) is 15.4. The van der Waals surface area contributed by atoms with Crippen LogP contribution in [0.1, 0.15) is 94.7 Å². The van der Waals surface area contributed by atoms with Gasteiger partial charge in [-0.3, -0.25) is 4.79 Å². The fourth-order valence-electron chi connectivity index (χ4n) is 8.85. The molecule has 4 bridgehead atoms. The van der Waals surface area contributed by atoms with Gasteiger partial charge in [-0.15, -0.1) is 0 Å². The summed E-state index contributed by atoms with van der Waals surface area (Å²) in [7, 11) is 0. The maximum atomic E-state index is 14.4. The number of pyridine rings is 1. The first kappa shape index (κ1) is 26.3. The summed E-state index contributed by atoms with van der Waals surface area (Å²) in [6.45, 7) is 0.679. The Balaban J connectivity index is 1.02. The van der Waals surface area contributed by atoms with Crippen molar-refractivity contribution >= 4 is 33.2 Å². The van der Waals surface area contributed by atoms with Crippen molar-refractivity contribution in [2.45, 2.75) is 94.1 Å². The molecule has 3 heterocycles. The summed E-state index contributed by atoms with van der Waals surface area (Å²) >= 11 is 3.61. The average Bonchev–Trinajstić information content (AvgIpc) is 3.51. The molecule has 3 aromatic heterocycles. The monoisotopic (exact) mass is 644 g/mol. The molecule has 0 N–H and O–H groups in total. The second kappa shape index (κ2) is 8.96. The lowest BCUT2D eigenvalue weighted by molar-refractivity contribution is -0.215. The van der Waals surface area contributed by atoms with Crippen molar-refractivity contribution in [3.63, 3.8) is 0 Å². The van der Waals surface area contributed by atoms with Crippen LogP contribution >= 0.6 is 15.9 Å². The van der Waals surface area contributed by atoms with Crippen LogP contribution in [0, 0.1) is 10.8 Å². The van der Waals surface area contributed by atoms with Crippen LogP contribution in [0.4, 0.5) is 10.1 Å². The molecule has 7 aliphatic rings. The Morgan fingerprint density at radius 1 is 1.07 bits per heavy atom. The Kier molecular flexibility index (Phi) is 5.47. The van der Waals surface area contributed by atoms with Gasteiger partial charge < -0.3 is 9.42 Å². The summed E-state index contributed by atoms with van der Waals surface area (Å²) in [4.78, 5) is 25.6.